The summed E-state index contributed by atoms with van der Waals surface area (Å²) in [6, 6.07) is 0.686. The monoisotopic (exact) mass is 232 g/mol. The van der Waals surface area contributed by atoms with Gasteiger partial charge in [-0.3, -0.25) is 4.90 Å². The lowest BCUT2D eigenvalue weighted by Gasteiger charge is -2.36. The topological polar surface area (TPSA) is 47.7 Å². The SMILES string of the molecule is COCC(C)N(C)C(CN)CC(C)(C)OC. The molecule has 0 rings (SSSR count). The molecule has 2 atom stereocenters. The molecule has 0 aliphatic heterocycles. The van der Waals surface area contributed by atoms with Crippen molar-refractivity contribution in [3.05, 3.63) is 0 Å². The van der Waals surface area contributed by atoms with E-state index < -0.39 is 0 Å². The lowest BCUT2D eigenvalue weighted by atomic mass is 9.97. The first-order chi connectivity index (χ1) is 7.37. The van der Waals surface area contributed by atoms with Crippen LogP contribution in [0, 0.1) is 0 Å². The van der Waals surface area contributed by atoms with Crippen LogP contribution in [-0.4, -0.2) is 57.0 Å². The zero-order valence-corrected chi connectivity index (χ0v) is 11.6. The Morgan fingerprint density at radius 2 is 1.88 bits per heavy atom. The van der Waals surface area contributed by atoms with Gasteiger partial charge >= 0.3 is 0 Å². The summed E-state index contributed by atoms with van der Waals surface area (Å²) in [6.07, 6.45) is 0.921. The molecule has 2 N–H and O–H groups in total. The van der Waals surface area contributed by atoms with Crippen LogP contribution in [0.3, 0.4) is 0 Å². The van der Waals surface area contributed by atoms with Crippen LogP contribution in [0.2, 0.25) is 0 Å². The van der Waals surface area contributed by atoms with Gasteiger partial charge in [0, 0.05) is 32.8 Å². The van der Waals surface area contributed by atoms with E-state index in [0.29, 0.717) is 18.6 Å². The Morgan fingerprint density at radius 1 is 1.31 bits per heavy atom. The molecule has 0 aromatic carbocycles. The van der Waals surface area contributed by atoms with Gasteiger partial charge in [0.15, 0.2) is 0 Å². The minimum atomic E-state index is -0.134. The normalized spacial score (nSPS) is 16.5. The van der Waals surface area contributed by atoms with Crippen LogP contribution in [0.15, 0.2) is 0 Å². The standard InChI is InChI=1S/C12H28N2O2/c1-10(9-15-5)14(4)11(8-13)7-12(2,3)16-6/h10-11H,7-9,13H2,1-6H3. The molecule has 0 fully saturated rings. The molecule has 0 spiro atoms. The molecule has 4 nitrogen and oxygen atoms in total. The Bertz CT molecular complexity index is 186. The molecule has 0 bridgehead atoms. The zero-order chi connectivity index (χ0) is 12.8. The molecule has 0 saturated heterocycles. The lowest BCUT2D eigenvalue weighted by Crippen LogP contribution is -2.48. The number of hydrogen-bond donors (Lipinski definition) is 1. The Morgan fingerprint density at radius 3 is 2.25 bits per heavy atom. The fourth-order valence-electron chi connectivity index (χ4n) is 1.76. The lowest BCUT2D eigenvalue weighted by molar-refractivity contribution is -0.0136. The third-order valence-corrected chi connectivity index (χ3v) is 3.23. The van der Waals surface area contributed by atoms with Crippen molar-refractivity contribution in [2.75, 3.05) is 34.4 Å². The van der Waals surface area contributed by atoms with Gasteiger partial charge in [-0.2, -0.15) is 0 Å². The van der Waals surface area contributed by atoms with Crippen molar-refractivity contribution in [1.82, 2.24) is 4.90 Å². The highest BCUT2D eigenvalue weighted by Gasteiger charge is 2.26. The minimum Gasteiger partial charge on any atom is -0.383 e. The third kappa shape index (κ3) is 5.25. The average molecular weight is 232 g/mol. The molecule has 4 heteroatoms. The second-order valence-electron chi connectivity index (χ2n) is 5.03. The second kappa shape index (κ2) is 7.22. The van der Waals surface area contributed by atoms with Crippen LogP contribution >= 0.6 is 0 Å². The Kier molecular flexibility index (Phi) is 7.15. The van der Waals surface area contributed by atoms with E-state index in [1.54, 1.807) is 14.2 Å². The number of nitrogens with two attached hydrogens (primary N) is 1. The fourth-order valence-corrected chi connectivity index (χ4v) is 1.76. The molecule has 0 aromatic heterocycles. The van der Waals surface area contributed by atoms with E-state index in [1.165, 1.54) is 0 Å². The molecule has 0 aliphatic carbocycles. The highest BCUT2D eigenvalue weighted by Crippen LogP contribution is 2.19. The van der Waals surface area contributed by atoms with Gasteiger partial charge in [0.1, 0.15) is 0 Å². The molecule has 98 valence electrons. The van der Waals surface area contributed by atoms with E-state index in [1.807, 2.05) is 0 Å². The molecule has 16 heavy (non-hydrogen) atoms. The molecule has 0 aliphatic rings. The van der Waals surface area contributed by atoms with Crippen LogP contribution in [0.25, 0.3) is 0 Å². The highest BCUT2D eigenvalue weighted by molar-refractivity contribution is 4.82. The van der Waals surface area contributed by atoms with Crippen LogP contribution < -0.4 is 5.73 Å². The molecule has 0 heterocycles. The predicted octanol–water partition coefficient (Wildman–Crippen LogP) is 1.10. The fraction of sp³-hybridized carbons (Fsp3) is 1.00. The van der Waals surface area contributed by atoms with Crippen molar-refractivity contribution < 1.29 is 9.47 Å². The van der Waals surface area contributed by atoms with Crippen molar-refractivity contribution >= 4 is 0 Å². The van der Waals surface area contributed by atoms with Crippen LogP contribution in [0.1, 0.15) is 27.2 Å². The number of hydrogen-bond acceptors (Lipinski definition) is 4. The zero-order valence-electron chi connectivity index (χ0n) is 11.6. The Balaban J connectivity index is 4.37. The quantitative estimate of drug-likeness (QED) is 0.681. The van der Waals surface area contributed by atoms with Gasteiger partial charge < -0.3 is 15.2 Å². The van der Waals surface area contributed by atoms with Gasteiger partial charge in [-0.05, 0) is 34.2 Å². The van der Waals surface area contributed by atoms with Crippen molar-refractivity contribution in [2.45, 2.75) is 44.9 Å². The summed E-state index contributed by atoms with van der Waals surface area (Å²) in [4.78, 5) is 2.27. The molecule has 0 aromatic rings. The van der Waals surface area contributed by atoms with Crippen LogP contribution in [0.4, 0.5) is 0 Å². The smallest absolute Gasteiger partial charge is 0.0638 e. The van der Waals surface area contributed by atoms with Gasteiger partial charge in [0.05, 0.1) is 12.2 Å². The Labute approximate surface area is 100 Å². The maximum atomic E-state index is 5.83. The van der Waals surface area contributed by atoms with E-state index in [4.69, 9.17) is 15.2 Å². The largest absolute Gasteiger partial charge is 0.383 e. The number of nitrogens with zero attached hydrogens (tertiary/aromatic N) is 1. The molecular weight excluding hydrogens is 204 g/mol. The summed E-state index contributed by atoms with van der Waals surface area (Å²) >= 11 is 0. The van der Waals surface area contributed by atoms with Gasteiger partial charge in [0.2, 0.25) is 0 Å². The number of ether oxygens (including phenoxy) is 2. The van der Waals surface area contributed by atoms with Gasteiger partial charge in [-0.15, -0.1) is 0 Å². The van der Waals surface area contributed by atoms with Gasteiger partial charge in [0.25, 0.3) is 0 Å². The highest BCUT2D eigenvalue weighted by atomic mass is 16.5. The van der Waals surface area contributed by atoms with E-state index in [0.717, 1.165) is 13.0 Å². The van der Waals surface area contributed by atoms with Crippen molar-refractivity contribution in [3.63, 3.8) is 0 Å². The van der Waals surface area contributed by atoms with Crippen molar-refractivity contribution in [3.8, 4) is 0 Å². The van der Waals surface area contributed by atoms with Gasteiger partial charge in [-0.25, -0.2) is 0 Å². The summed E-state index contributed by atoms with van der Waals surface area (Å²) in [7, 11) is 5.56. The number of methoxy groups -OCH3 is 2. The summed E-state index contributed by atoms with van der Waals surface area (Å²) in [5, 5.41) is 0. The van der Waals surface area contributed by atoms with Crippen molar-refractivity contribution in [1.29, 1.82) is 0 Å². The number of rotatable bonds is 8. The first kappa shape index (κ1) is 15.8. The minimum absolute atomic E-state index is 0.134. The van der Waals surface area contributed by atoms with E-state index >= 15 is 0 Å². The second-order valence-corrected chi connectivity index (χ2v) is 5.03. The predicted molar refractivity (Wildman–Crippen MR) is 67.6 cm³/mol. The first-order valence-corrected chi connectivity index (χ1v) is 5.84. The molecule has 0 amide bonds. The van der Waals surface area contributed by atoms with E-state index in [-0.39, 0.29) is 5.60 Å². The average Bonchev–Trinajstić information content (AvgIpc) is 2.25. The van der Waals surface area contributed by atoms with Crippen LogP contribution in [0.5, 0.6) is 0 Å². The molecule has 0 radical (unpaired) electrons. The summed E-state index contributed by atoms with van der Waals surface area (Å²) in [5.74, 6) is 0. The summed E-state index contributed by atoms with van der Waals surface area (Å²) in [5.41, 5.74) is 5.70. The third-order valence-electron chi connectivity index (χ3n) is 3.23. The van der Waals surface area contributed by atoms with Crippen LogP contribution in [-0.2, 0) is 9.47 Å². The van der Waals surface area contributed by atoms with Gasteiger partial charge in [-0.1, -0.05) is 0 Å². The molecule has 2 unspecified atom stereocenters. The first-order valence-electron chi connectivity index (χ1n) is 5.84. The molecule has 0 saturated carbocycles. The maximum Gasteiger partial charge on any atom is 0.0638 e. The van der Waals surface area contributed by atoms with E-state index in [9.17, 15) is 0 Å². The number of likely N-dealkylation sites (N-methyl/N-ethyl adjacent to an activating group) is 1. The van der Waals surface area contributed by atoms with Crippen molar-refractivity contribution in [2.24, 2.45) is 5.73 Å². The Hall–Kier alpha value is -0.160. The van der Waals surface area contributed by atoms with E-state index in [2.05, 4.69) is 32.7 Å². The summed E-state index contributed by atoms with van der Waals surface area (Å²) in [6.45, 7) is 7.68. The maximum absolute atomic E-state index is 5.83. The molecular formula is C12H28N2O2. The summed E-state index contributed by atoms with van der Waals surface area (Å²) < 4.78 is 10.6.